The van der Waals surface area contributed by atoms with Crippen molar-refractivity contribution < 1.29 is 9.53 Å². The molecule has 0 saturated carbocycles. The van der Waals surface area contributed by atoms with E-state index >= 15 is 0 Å². The van der Waals surface area contributed by atoms with E-state index in [1.54, 1.807) is 0 Å². The van der Waals surface area contributed by atoms with Crippen molar-refractivity contribution in [2.45, 2.75) is 52.1 Å². The van der Waals surface area contributed by atoms with Crippen LogP contribution in [0.3, 0.4) is 0 Å². The van der Waals surface area contributed by atoms with Crippen LogP contribution in [0.15, 0.2) is 16.6 Å². The summed E-state index contributed by atoms with van der Waals surface area (Å²) in [5, 5.41) is 0. The second-order valence-corrected chi connectivity index (χ2v) is 7.30. The summed E-state index contributed by atoms with van der Waals surface area (Å²) in [5.41, 5.74) is 3.65. The fourth-order valence-corrected chi connectivity index (χ4v) is 3.90. The van der Waals surface area contributed by atoms with Crippen LogP contribution in [0.25, 0.3) is 0 Å². The van der Waals surface area contributed by atoms with E-state index in [9.17, 15) is 4.79 Å². The Labute approximate surface area is 141 Å². The molecule has 3 rings (SSSR count). The van der Waals surface area contributed by atoms with Crippen LogP contribution in [0, 0.1) is 12.8 Å². The van der Waals surface area contributed by atoms with Crippen LogP contribution in [0.2, 0.25) is 0 Å². The number of fused-ring (bicyclic) bond motifs is 1. The molecule has 1 saturated heterocycles. The fraction of sp³-hybridized carbons (Fsp3) is 0.611. The summed E-state index contributed by atoms with van der Waals surface area (Å²) >= 11 is 3.61. The summed E-state index contributed by atoms with van der Waals surface area (Å²) in [4.78, 5) is 15.0. The molecule has 1 aromatic carbocycles. The molecule has 0 bridgehead atoms. The van der Waals surface area contributed by atoms with E-state index in [0.29, 0.717) is 12.5 Å². The van der Waals surface area contributed by atoms with Crippen LogP contribution >= 0.6 is 15.9 Å². The molecule has 0 N–H and O–H groups in total. The molecule has 0 radical (unpaired) electrons. The number of hydrogen-bond acceptors (Lipinski definition) is 2. The monoisotopic (exact) mass is 365 g/mol. The van der Waals surface area contributed by atoms with Gasteiger partial charge in [-0.3, -0.25) is 4.79 Å². The normalized spacial score (nSPS) is 25.0. The zero-order chi connectivity index (χ0) is 15.7. The minimum atomic E-state index is 0.115. The highest BCUT2D eigenvalue weighted by atomic mass is 79.9. The van der Waals surface area contributed by atoms with Crippen LogP contribution in [0.4, 0.5) is 5.69 Å². The summed E-state index contributed by atoms with van der Waals surface area (Å²) in [5.74, 6) is 0.406. The topological polar surface area (TPSA) is 29.5 Å². The van der Waals surface area contributed by atoms with Crippen LogP contribution in [-0.4, -0.2) is 25.2 Å². The quantitative estimate of drug-likeness (QED) is 0.784. The van der Waals surface area contributed by atoms with Crippen LogP contribution in [0.1, 0.15) is 43.7 Å². The van der Waals surface area contributed by atoms with Crippen molar-refractivity contribution >= 4 is 27.5 Å². The van der Waals surface area contributed by atoms with Gasteiger partial charge in [-0.25, -0.2) is 0 Å². The number of carbonyl (C=O) groups excluding carboxylic acids is 1. The first-order valence-corrected chi connectivity index (χ1v) is 9.11. The summed E-state index contributed by atoms with van der Waals surface area (Å²) in [6.07, 6.45) is 5.09. The Bertz CT molecular complexity index is 572. The van der Waals surface area contributed by atoms with E-state index in [1.165, 1.54) is 11.1 Å². The van der Waals surface area contributed by atoms with E-state index in [-0.39, 0.29) is 12.0 Å². The molecule has 3 nitrogen and oxygen atoms in total. The fourth-order valence-electron chi connectivity index (χ4n) is 3.57. The number of halogens is 1. The first-order valence-electron chi connectivity index (χ1n) is 8.32. The Morgan fingerprint density at radius 2 is 2.27 bits per heavy atom. The van der Waals surface area contributed by atoms with Crippen molar-refractivity contribution in [1.29, 1.82) is 0 Å². The standard InChI is InChI=1S/C18H24BrNO2/c1-3-15-10-14(6-8-22-15)18(21)20-7-4-5-13-9-12(2)16(19)11-17(13)20/h9,11,14-15H,3-8,10H2,1-2H3/t14-,15+/m0/s1. The number of anilines is 1. The average molecular weight is 366 g/mol. The van der Waals surface area contributed by atoms with Crippen molar-refractivity contribution in [3.8, 4) is 0 Å². The highest BCUT2D eigenvalue weighted by molar-refractivity contribution is 9.10. The lowest BCUT2D eigenvalue weighted by molar-refractivity contribution is -0.127. The molecule has 0 unspecified atom stereocenters. The first-order chi connectivity index (χ1) is 10.6. The molecule has 22 heavy (non-hydrogen) atoms. The molecule has 4 heteroatoms. The minimum Gasteiger partial charge on any atom is -0.378 e. The Morgan fingerprint density at radius 3 is 3.05 bits per heavy atom. The zero-order valence-electron chi connectivity index (χ0n) is 13.4. The molecule has 1 amide bonds. The highest BCUT2D eigenvalue weighted by Crippen LogP contribution is 2.35. The van der Waals surface area contributed by atoms with E-state index in [4.69, 9.17) is 4.74 Å². The number of ether oxygens (including phenoxy) is 1. The van der Waals surface area contributed by atoms with Gasteiger partial charge in [0.2, 0.25) is 5.91 Å². The van der Waals surface area contributed by atoms with Crippen LogP contribution < -0.4 is 4.90 Å². The smallest absolute Gasteiger partial charge is 0.230 e. The van der Waals surface area contributed by atoms with E-state index in [1.807, 2.05) is 4.90 Å². The molecule has 2 aliphatic heterocycles. The first kappa shape index (κ1) is 16.0. The molecule has 0 spiro atoms. The molecule has 2 aliphatic rings. The van der Waals surface area contributed by atoms with Gasteiger partial charge in [0.15, 0.2) is 0 Å². The third-order valence-electron chi connectivity index (χ3n) is 4.92. The van der Waals surface area contributed by atoms with Gasteiger partial charge in [-0.2, -0.15) is 0 Å². The number of aryl methyl sites for hydroxylation is 2. The van der Waals surface area contributed by atoms with Gasteiger partial charge >= 0.3 is 0 Å². The van der Waals surface area contributed by atoms with Crippen LogP contribution in [-0.2, 0) is 16.0 Å². The van der Waals surface area contributed by atoms with Gasteiger partial charge in [0.1, 0.15) is 0 Å². The van der Waals surface area contributed by atoms with Gasteiger partial charge in [-0.1, -0.05) is 28.9 Å². The maximum absolute atomic E-state index is 13.0. The predicted octanol–water partition coefficient (Wildman–Crippen LogP) is 4.24. The second-order valence-electron chi connectivity index (χ2n) is 6.45. The van der Waals surface area contributed by atoms with E-state index in [0.717, 1.165) is 48.8 Å². The summed E-state index contributed by atoms with van der Waals surface area (Å²) in [6, 6.07) is 4.34. The number of amides is 1. The number of carbonyl (C=O) groups is 1. The Balaban J connectivity index is 1.84. The van der Waals surface area contributed by atoms with E-state index < -0.39 is 0 Å². The predicted molar refractivity (Wildman–Crippen MR) is 92.3 cm³/mol. The largest absolute Gasteiger partial charge is 0.378 e. The van der Waals surface area contributed by atoms with Gasteiger partial charge in [0.25, 0.3) is 0 Å². The molecule has 0 aliphatic carbocycles. The SMILES string of the molecule is CC[C@@H]1C[C@@H](C(=O)N2CCCc3cc(C)c(Br)cc32)CCO1. The lowest BCUT2D eigenvalue weighted by Crippen LogP contribution is -2.42. The number of rotatable bonds is 2. The maximum Gasteiger partial charge on any atom is 0.230 e. The third-order valence-corrected chi connectivity index (χ3v) is 5.77. The second kappa shape index (κ2) is 6.71. The third kappa shape index (κ3) is 3.09. The molecule has 0 aromatic heterocycles. The lowest BCUT2D eigenvalue weighted by Gasteiger charge is -2.35. The van der Waals surface area contributed by atoms with Crippen molar-refractivity contribution in [1.82, 2.24) is 0 Å². The number of hydrogen-bond donors (Lipinski definition) is 0. The Morgan fingerprint density at radius 1 is 1.45 bits per heavy atom. The molecular weight excluding hydrogens is 342 g/mol. The molecular formula is C18H24BrNO2. The van der Waals surface area contributed by atoms with Gasteiger partial charge in [0, 0.05) is 29.2 Å². The Hall–Kier alpha value is -0.870. The van der Waals surface area contributed by atoms with Gasteiger partial charge in [-0.05, 0) is 56.2 Å². The minimum absolute atomic E-state index is 0.115. The average Bonchev–Trinajstić information content (AvgIpc) is 2.55. The summed E-state index contributed by atoms with van der Waals surface area (Å²) < 4.78 is 6.81. The van der Waals surface area contributed by atoms with Gasteiger partial charge in [-0.15, -0.1) is 0 Å². The molecule has 2 atom stereocenters. The maximum atomic E-state index is 13.0. The molecule has 1 aromatic rings. The molecule has 1 fully saturated rings. The lowest BCUT2D eigenvalue weighted by atomic mass is 9.91. The number of benzene rings is 1. The van der Waals surface area contributed by atoms with E-state index in [2.05, 4.69) is 41.9 Å². The number of nitrogens with zero attached hydrogens (tertiary/aromatic N) is 1. The van der Waals surface area contributed by atoms with Crippen molar-refractivity contribution in [2.24, 2.45) is 5.92 Å². The molecule has 2 heterocycles. The summed E-state index contributed by atoms with van der Waals surface area (Å²) in [7, 11) is 0. The van der Waals surface area contributed by atoms with Crippen LogP contribution in [0.5, 0.6) is 0 Å². The van der Waals surface area contributed by atoms with Gasteiger partial charge in [0.05, 0.1) is 6.10 Å². The summed E-state index contributed by atoms with van der Waals surface area (Å²) in [6.45, 7) is 5.80. The van der Waals surface area contributed by atoms with Crippen molar-refractivity contribution in [2.75, 3.05) is 18.1 Å². The van der Waals surface area contributed by atoms with Crippen molar-refractivity contribution in [3.05, 3.63) is 27.7 Å². The highest BCUT2D eigenvalue weighted by Gasteiger charge is 2.32. The zero-order valence-corrected chi connectivity index (χ0v) is 15.0. The molecule has 120 valence electrons. The Kier molecular flexibility index (Phi) is 4.88. The van der Waals surface area contributed by atoms with Gasteiger partial charge < -0.3 is 9.64 Å². The van der Waals surface area contributed by atoms with Crippen molar-refractivity contribution in [3.63, 3.8) is 0 Å².